The maximum atomic E-state index is 12.0. The van der Waals surface area contributed by atoms with Crippen LogP contribution in [0.2, 0.25) is 0 Å². The van der Waals surface area contributed by atoms with Gasteiger partial charge in [-0.3, -0.25) is 24.6 Å². The van der Waals surface area contributed by atoms with Gasteiger partial charge >= 0.3 is 0 Å². The molecule has 0 N–H and O–H groups in total. The number of para-hydroxylation sites is 1. The van der Waals surface area contributed by atoms with Gasteiger partial charge in [-0.1, -0.05) is 18.2 Å². The second kappa shape index (κ2) is 8.78. The molecule has 0 saturated carbocycles. The van der Waals surface area contributed by atoms with Crippen LogP contribution in [0.3, 0.4) is 0 Å². The number of carbonyl (C=O) groups excluding carboxylic acids is 2. The van der Waals surface area contributed by atoms with Crippen LogP contribution in [0, 0.1) is 10.1 Å². The number of likely N-dealkylation sites (N-methyl/N-ethyl adjacent to an activating group) is 1. The number of nitro groups is 1. The van der Waals surface area contributed by atoms with E-state index in [0.717, 1.165) is 16.7 Å². The molecule has 3 rings (SSSR count). The van der Waals surface area contributed by atoms with Crippen LogP contribution in [-0.2, 0) is 11.4 Å². The Hall–Kier alpha value is -3.33. The second-order valence-corrected chi connectivity index (χ2v) is 7.05. The summed E-state index contributed by atoms with van der Waals surface area (Å²) in [5.74, 6) is 0.510. The third-order valence-corrected chi connectivity index (χ3v) is 5.08. The van der Waals surface area contributed by atoms with Crippen molar-refractivity contribution in [1.29, 1.82) is 0 Å². The lowest BCUT2D eigenvalue weighted by Crippen LogP contribution is -2.22. The van der Waals surface area contributed by atoms with Crippen LogP contribution in [-0.4, -0.2) is 34.6 Å². The zero-order valence-corrected chi connectivity index (χ0v) is 16.6. The average Bonchev–Trinajstić information content (AvgIpc) is 2.94. The van der Waals surface area contributed by atoms with E-state index in [1.807, 2.05) is 6.92 Å². The Balaban J connectivity index is 1.83. The van der Waals surface area contributed by atoms with Gasteiger partial charge in [0.2, 0.25) is 0 Å². The van der Waals surface area contributed by atoms with Crippen molar-refractivity contribution in [1.82, 2.24) is 4.90 Å². The molecule has 1 fully saturated rings. The van der Waals surface area contributed by atoms with E-state index in [-0.39, 0.29) is 23.4 Å². The molecule has 0 bridgehead atoms. The molecule has 0 unspecified atom stereocenters. The first kappa shape index (κ1) is 20.4. The minimum Gasteiger partial charge on any atom is -0.490 e. The van der Waals surface area contributed by atoms with Gasteiger partial charge in [0.05, 0.1) is 22.0 Å². The zero-order chi connectivity index (χ0) is 21.0. The van der Waals surface area contributed by atoms with E-state index in [9.17, 15) is 19.7 Å². The smallest absolute Gasteiger partial charge is 0.293 e. The SMILES string of the molecule is CCOc1cc(/C=C2/SC(=O)N(C)C2=O)ccc1OCc1ccccc1[N+](=O)[O-]. The van der Waals surface area contributed by atoms with Gasteiger partial charge in [0.25, 0.3) is 16.8 Å². The van der Waals surface area contributed by atoms with Gasteiger partial charge < -0.3 is 9.47 Å². The van der Waals surface area contributed by atoms with Gasteiger partial charge in [-0.2, -0.15) is 0 Å². The fourth-order valence-electron chi connectivity index (χ4n) is 2.67. The number of hydrogen-bond acceptors (Lipinski definition) is 7. The number of hydrogen-bond donors (Lipinski definition) is 0. The fraction of sp³-hybridized carbons (Fsp3) is 0.200. The minimum absolute atomic E-state index is 0.00526. The Bertz CT molecular complexity index is 1000. The number of thioether (sulfide) groups is 1. The molecule has 1 saturated heterocycles. The molecule has 1 aliphatic rings. The van der Waals surface area contributed by atoms with Gasteiger partial charge in [-0.05, 0) is 48.5 Å². The van der Waals surface area contributed by atoms with Crippen LogP contribution in [0.15, 0.2) is 47.4 Å². The number of nitro benzene ring substituents is 1. The monoisotopic (exact) mass is 414 g/mol. The number of benzene rings is 2. The van der Waals surface area contributed by atoms with Crippen molar-refractivity contribution in [3.63, 3.8) is 0 Å². The molecule has 150 valence electrons. The molecule has 8 nitrogen and oxygen atoms in total. The first-order chi connectivity index (χ1) is 13.9. The van der Waals surface area contributed by atoms with E-state index in [0.29, 0.717) is 34.1 Å². The molecule has 0 aliphatic carbocycles. The molecule has 1 heterocycles. The summed E-state index contributed by atoms with van der Waals surface area (Å²) >= 11 is 0.875. The average molecular weight is 414 g/mol. The van der Waals surface area contributed by atoms with E-state index in [1.54, 1.807) is 42.5 Å². The van der Waals surface area contributed by atoms with Crippen molar-refractivity contribution >= 4 is 34.7 Å². The second-order valence-electron chi connectivity index (χ2n) is 6.05. The summed E-state index contributed by atoms with van der Waals surface area (Å²) in [5, 5.41) is 10.8. The number of ether oxygens (including phenoxy) is 2. The van der Waals surface area contributed by atoms with E-state index in [4.69, 9.17) is 9.47 Å². The summed E-state index contributed by atoms with van der Waals surface area (Å²) in [6.45, 7) is 2.21. The Kier molecular flexibility index (Phi) is 6.18. The lowest BCUT2D eigenvalue weighted by Gasteiger charge is -2.13. The van der Waals surface area contributed by atoms with Gasteiger partial charge in [0.1, 0.15) is 6.61 Å². The summed E-state index contributed by atoms with van der Waals surface area (Å²) in [6.07, 6.45) is 1.61. The zero-order valence-electron chi connectivity index (χ0n) is 15.8. The van der Waals surface area contributed by atoms with Crippen molar-refractivity contribution < 1.29 is 24.0 Å². The standard InChI is InChI=1S/C20H18N2O6S/c1-3-27-17-10-13(11-18-19(23)21(2)20(24)29-18)8-9-16(17)28-12-14-6-4-5-7-15(14)22(25)26/h4-11H,3,12H2,1-2H3/b18-11+. The predicted molar refractivity (Wildman–Crippen MR) is 109 cm³/mol. The fourth-order valence-corrected chi connectivity index (χ4v) is 3.49. The minimum atomic E-state index is -0.452. The van der Waals surface area contributed by atoms with Gasteiger partial charge in [0, 0.05) is 13.1 Å². The maximum Gasteiger partial charge on any atom is 0.293 e. The Morgan fingerprint density at radius 1 is 1.14 bits per heavy atom. The summed E-state index contributed by atoms with van der Waals surface area (Å²) in [7, 11) is 1.43. The molecule has 0 radical (unpaired) electrons. The molecule has 0 atom stereocenters. The molecule has 2 aromatic rings. The van der Waals surface area contributed by atoms with Crippen molar-refractivity contribution in [2.75, 3.05) is 13.7 Å². The van der Waals surface area contributed by atoms with Crippen molar-refractivity contribution in [2.45, 2.75) is 13.5 Å². The normalized spacial score (nSPS) is 15.1. The van der Waals surface area contributed by atoms with Crippen molar-refractivity contribution in [2.24, 2.45) is 0 Å². The Morgan fingerprint density at radius 2 is 1.90 bits per heavy atom. The van der Waals surface area contributed by atoms with Crippen LogP contribution >= 0.6 is 11.8 Å². The summed E-state index contributed by atoms with van der Waals surface area (Å²) in [6, 6.07) is 11.4. The lowest BCUT2D eigenvalue weighted by atomic mass is 10.1. The van der Waals surface area contributed by atoms with Crippen molar-refractivity contribution in [3.05, 3.63) is 68.6 Å². The predicted octanol–water partition coefficient (Wildman–Crippen LogP) is 4.24. The Morgan fingerprint density at radius 3 is 2.55 bits per heavy atom. The molecule has 1 aliphatic heterocycles. The molecule has 29 heavy (non-hydrogen) atoms. The van der Waals surface area contributed by atoms with Gasteiger partial charge in [0.15, 0.2) is 11.5 Å². The van der Waals surface area contributed by atoms with Crippen LogP contribution < -0.4 is 9.47 Å². The quantitative estimate of drug-likeness (QED) is 0.380. The van der Waals surface area contributed by atoms with Crippen molar-refractivity contribution in [3.8, 4) is 11.5 Å². The van der Waals surface area contributed by atoms with Crippen LogP contribution in [0.25, 0.3) is 6.08 Å². The molecule has 0 aromatic heterocycles. The summed E-state index contributed by atoms with van der Waals surface area (Å²) < 4.78 is 11.4. The van der Waals surface area contributed by atoms with Crippen LogP contribution in [0.1, 0.15) is 18.1 Å². The maximum absolute atomic E-state index is 12.0. The van der Waals surface area contributed by atoms with Crippen LogP contribution in [0.5, 0.6) is 11.5 Å². The number of carbonyl (C=O) groups is 2. The molecule has 9 heteroatoms. The summed E-state index contributed by atoms with van der Waals surface area (Å²) in [5.41, 5.74) is 1.10. The summed E-state index contributed by atoms with van der Waals surface area (Å²) in [4.78, 5) is 35.8. The van der Waals surface area contributed by atoms with Gasteiger partial charge in [-0.25, -0.2) is 0 Å². The van der Waals surface area contributed by atoms with E-state index in [2.05, 4.69) is 0 Å². The Labute approximate surface area is 171 Å². The molecule has 2 amide bonds. The highest BCUT2D eigenvalue weighted by Gasteiger charge is 2.31. The molecular weight excluding hydrogens is 396 g/mol. The number of rotatable bonds is 7. The number of amides is 2. The highest BCUT2D eigenvalue weighted by atomic mass is 32.2. The largest absolute Gasteiger partial charge is 0.490 e. The molecule has 0 spiro atoms. The van der Waals surface area contributed by atoms with E-state index < -0.39 is 4.92 Å². The van der Waals surface area contributed by atoms with Crippen LogP contribution in [0.4, 0.5) is 10.5 Å². The molecular formula is C20H18N2O6S. The lowest BCUT2D eigenvalue weighted by molar-refractivity contribution is -0.385. The number of imide groups is 1. The first-order valence-electron chi connectivity index (χ1n) is 8.74. The highest BCUT2D eigenvalue weighted by Crippen LogP contribution is 2.34. The van der Waals surface area contributed by atoms with Gasteiger partial charge in [-0.15, -0.1) is 0 Å². The van der Waals surface area contributed by atoms with E-state index >= 15 is 0 Å². The highest BCUT2D eigenvalue weighted by molar-refractivity contribution is 8.18. The van der Waals surface area contributed by atoms with E-state index in [1.165, 1.54) is 13.1 Å². The third kappa shape index (κ3) is 4.57. The topological polar surface area (TPSA) is 99.0 Å². The first-order valence-corrected chi connectivity index (χ1v) is 9.56. The number of nitrogens with zero attached hydrogens (tertiary/aromatic N) is 2. The third-order valence-electron chi connectivity index (χ3n) is 4.12. The molecule has 2 aromatic carbocycles.